The van der Waals surface area contributed by atoms with Gasteiger partial charge in [-0.2, -0.15) is 0 Å². The van der Waals surface area contributed by atoms with E-state index in [4.69, 9.17) is 13.9 Å². The van der Waals surface area contributed by atoms with Gasteiger partial charge in [-0.15, -0.1) is 0 Å². The lowest BCUT2D eigenvalue weighted by Crippen LogP contribution is -1.96. The summed E-state index contributed by atoms with van der Waals surface area (Å²) in [6.07, 6.45) is 1.36. The van der Waals surface area contributed by atoms with Gasteiger partial charge in [-0.25, -0.2) is 0 Å². The van der Waals surface area contributed by atoms with Crippen LogP contribution in [0.3, 0.4) is 0 Å². The topological polar surface area (TPSA) is 48.7 Å². The minimum atomic E-state index is -0.107. The summed E-state index contributed by atoms with van der Waals surface area (Å²) in [4.78, 5) is 11.3. The lowest BCUT2D eigenvalue weighted by molar-refractivity contribution is 0.394. The van der Waals surface area contributed by atoms with Gasteiger partial charge in [-0.1, -0.05) is 0 Å². The van der Waals surface area contributed by atoms with Crippen LogP contribution in [0, 0.1) is 0 Å². The first kappa shape index (κ1) is 11.3. The van der Waals surface area contributed by atoms with Crippen LogP contribution in [0.4, 0.5) is 0 Å². The van der Waals surface area contributed by atoms with Crippen LogP contribution >= 0.6 is 0 Å². The summed E-state index contributed by atoms with van der Waals surface area (Å²) >= 11 is 0. The van der Waals surface area contributed by atoms with Crippen molar-refractivity contribution in [3.05, 3.63) is 46.8 Å². The lowest BCUT2D eigenvalue weighted by atomic mass is 10.1. The second-order valence-corrected chi connectivity index (χ2v) is 3.40. The van der Waals surface area contributed by atoms with E-state index < -0.39 is 0 Å². The third-order valence-electron chi connectivity index (χ3n) is 2.37. The molecule has 4 heteroatoms. The van der Waals surface area contributed by atoms with E-state index in [0.717, 1.165) is 0 Å². The van der Waals surface area contributed by atoms with E-state index in [2.05, 4.69) is 0 Å². The lowest BCUT2D eigenvalue weighted by Gasteiger charge is -2.09. The van der Waals surface area contributed by atoms with Crippen molar-refractivity contribution in [3.8, 4) is 22.8 Å². The first-order valence-corrected chi connectivity index (χ1v) is 5.06. The van der Waals surface area contributed by atoms with Crippen molar-refractivity contribution in [2.45, 2.75) is 0 Å². The summed E-state index contributed by atoms with van der Waals surface area (Å²) < 4.78 is 15.6. The molecule has 1 aromatic carbocycles. The molecule has 1 heterocycles. The largest absolute Gasteiger partial charge is 0.497 e. The molecule has 1 aromatic heterocycles. The van der Waals surface area contributed by atoms with Gasteiger partial charge in [-0.05, 0) is 12.1 Å². The summed E-state index contributed by atoms with van der Waals surface area (Å²) in [5.74, 6) is 1.75. The zero-order valence-electron chi connectivity index (χ0n) is 9.60. The Balaban J connectivity index is 2.55. The fraction of sp³-hybridized carbons (Fsp3) is 0.154. The second kappa shape index (κ2) is 4.74. The van der Waals surface area contributed by atoms with Gasteiger partial charge in [0.15, 0.2) is 5.43 Å². The summed E-state index contributed by atoms with van der Waals surface area (Å²) in [6, 6.07) is 8.09. The molecule has 0 spiro atoms. The van der Waals surface area contributed by atoms with E-state index in [9.17, 15) is 4.79 Å². The molecule has 4 nitrogen and oxygen atoms in total. The molecule has 17 heavy (non-hydrogen) atoms. The molecule has 0 amide bonds. The third-order valence-corrected chi connectivity index (χ3v) is 2.37. The summed E-state index contributed by atoms with van der Waals surface area (Å²) in [5.41, 5.74) is 0.607. The monoisotopic (exact) mass is 232 g/mol. The standard InChI is InChI=1S/C13H12O4/c1-15-10-3-4-11(12(8-10)16-2)13-7-9(14)5-6-17-13/h3-8H,1-2H3. The van der Waals surface area contributed by atoms with Crippen molar-refractivity contribution < 1.29 is 13.9 Å². The van der Waals surface area contributed by atoms with Crippen molar-refractivity contribution in [2.24, 2.45) is 0 Å². The molecule has 0 saturated heterocycles. The van der Waals surface area contributed by atoms with Crippen molar-refractivity contribution in [1.82, 2.24) is 0 Å². The molecule has 0 aliphatic heterocycles. The van der Waals surface area contributed by atoms with E-state index in [1.807, 2.05) is 0 Å². The Labute approximate surface area is 98.4 Å². The van der Waals surface area contributed by atoms with Crippen LogP contribution in [0.25, 0.3) is 11.3 Å². The van der Waals surface area contributed by atoms with Gasteiger partial charge in [-0.3, -0.25) is 4.79 Å². The van der Waals surface area contributed by atoms with Crippen molar-refractivity contribution in [2.75, 3.05) is 14.2 Å². The number of rotatable bonds is 3. The van der Waals surface area contributed by atoms with Crippen LogP contribution in [0.1, 0.15) is 0 Å². The van der Waals surface area contributed by atoms with Crippen LogP contribution in [-0.2, 0) is 0 Å². The maximum atomic E-state index is 11.3. The van der Waals surface area contributed by atoms with Crippen LogP contribution in [0.5, 0.6) is 11.5 Å². The van der Waals surface area contributed by atoms with Crippen LogP contribution in [0.2, 0.25) is 0 Å². The molecule has 0 aliphatic rings. The molecule has 0 saturated carbocycles. The maximum absolute atomic E-state index is 11.3. The molecular weight excluding hydrogens is 220 g/mol. The number of methoxy groups -OCH3 is 2. The highest BCUT2D eigenvalue weighted by Crippen LogP contribution is 2.32. The highest BCUT2D eigenvalue weighted by Gasteiger charge is 2.09. The van der Waals surface area contributed by atoms with E-state index in [-0.39, 0.29) is 5.43 Å². The molecule has 0 atom stereocenters. The summed E-state index contributed by atoms with van der Waals surface area (Å²) in [5, 5.41) is 0. The molecule has 0 bridgehead atoms. The minimum Gasteiger partial charge on any atom is -0.497 e. The predicted molar refractivity (Wildman–Crippen MR) is 63.5 cm³/mol. The van der Waals surface area contributed by atoms with E-state index in [0.29, 0.717) is 22.8 Å². The SMILES string of the molecule is COc1ccc(-c2cc(=O)cco2)c(OC)c1. The second-order valence-electron chi connectivity index (χ2n) is 3.40. The van der Waals surface area contributed by atoms with Gasteiger partial charge in [0.25, 0.3) is 0 Å². The number of benzene rings is 1. The normalized spacial score (nSPS) is 10.0. The van der Waals surface area contributed by atoms with Crippen molar-refractivity contribution in [1.29, 1.82) is 0 Å². The fourth-order valence-electron chi connectivity index (χ4n) is 1.53. The Morgan fingerprint density at radius 2 is 1.88 bits per heavy atom. The Morgan fingerprint density at radius 3 is 2.53 bits per heavy atom. The molecule has 88 valence electrons. The molecule has 2 rings (SSSR count). The zero-order valence-corrected chi connectivity index (χ0v) is 9.60. The Bertz CT molecular complexity index is 572. The Morgan fingerprint density at radius 1 is 1.06 bits per heavy atom. The smallest absolute Gasteiger partial charge is 0.185 e. The van der Waals surface area contributed by atoms with Gasteiger partial charge in [0.1, 0.15) is 17.3 Å². The first-order chi connectivity index (χ1) is 8.24. The Hall–Kier alpha value is -2.23. The van der Waals surface area contributed by atoms with E-state index >= 15 is 0 Å². The quantitative estimate of drug-likeness (QED) is 0.814. The van der Waals surface area contributed by atoms with Crippen LogP contribution < -0.4 is 14.9 Å². The summed E-state index contributed by atoms with van der Waals surface area (Å²) in [7, 11) is 3.14. The first-order valence-electron chi connectivity index (χ1n) is 5.06. The minimum absolute atomic E-state index is 0.107. The molecule has 0 unspecified atom stereocenters. The summed E-state index contributed by atoms with van der Waals surface area (Å²) in [6.45, 7) is 0. The number of ether oxygens (including phenoxy) is 2. The van der Waals surface area contributed by atoms with Crippen molar-refractivity contribution >= 4 is 0 Å². The number of hydrogen-bond acceptors (Lipinski definition) is 4. The zero-order chi connectivity index (χ0) is 12.3. The van der Waals surface area contributed by atoms with E-state index in [1.165, 1.54) is 18.4 Å². The molecule has 0 aliphatic carbocycles. The highest BCUT2D eigenvalue weighted by atomic mass is 16.5. The molecule has 0 N–H and O–H groups in total. The Kier molecular flexibility index (Phi) is 3.14. The van der Waals surface area contributed by atoms with Gasteiger partial charge < -0.3 is 13.9 Å². The average Bonchev–Trinajstić information content (AvgIpc) is 2.38. The number of hydrogen-bond donors (Lipinski definition) is 0. The van der Waals surface area contributed by atoms with Crippen LogP contribution in [-0.4, -0.2) is 14.2 Å². The van der Waals surface area contributed by atoms with Gasteiger partial charge in [0.2, 0.25) is 0 Å². The molecular formula is C13H12O4. The fourth-order valence-corrected chi connectivity index (χ4v) is 1.53. The predicted octanol–water partition coefficient (Wildman–Crippen LogP) is 2.32. The molecule has 0 radical (unpaired) electrons. The molecule has 2 aromatic rings. The highest BCUT2D eigenvalue weighted by molar-refractivity contribution is 5.66. The van der Waals surface area contributed by atoms with Crippen LogP contribution in [0.15, 0.2) is 45.8 Å². The van der Waals surface area contributed by atoms with Crippen molar-refractivity contribution in [3.63, 3.8) is 0 Å². The maximum Gasteiger partial charge on any atom is 0.185 e. The molecule has 0 fully saturated rings. The van der Waals surface area contributed by atoms with Gasteiger partial charge >= 0.3 is 0 Å². The van der Waals surface area contributed by atoms with Gasteiger partial charge in [0.05, 0.1) is 26.0 Å². The average molecular weight is 232 g/mol. The third kappa shape index (κ3) is 2.30. The van der Waals surface area contributed by atoms with Gasteiger partial charge in [0, 0.05) is 18.2 Å². The van der Waals surface area contributed by atoms with E-state index in [1.54, 1.807) is 32.4 Å².